The van der Waals surface area contributed by atoms with E-state index in [1.807, 2.05) is 7.05 Å². The van der Waals surface area contributed by atoms with Crippen molar-refractivity contribution in [1.29, 1.82) is 0 Å². The van der Waals surface area contributed by atoms with Crippen LogP contribution in [0.25, 0.3) is 10.8 Å². The van der Waals surface area contributed by atoms with Crippen LogP contribution in [0.15, 0.2) is 46.9 Å². The lowest BCUT2D eigenvalue weighted by molar-refractivity contribution is 0.390. The second-order valence-electron chi connectivity index (χ2n) is 5.14. The van der Waals surface area contributed by atoms with E-state index in [-0.39, 0.29) is 6.04 Å². The average Bonchev–Trinajstić information content (AvgIpc) is 2.97. The Morgan fingerprint density at radius 1 is 1.10 bits per heavy atom. The molecule has 0 bridgehead atoms. The molecule has 108 valence electrons. The van der Waals surface area contributed by atoms with E-state index in [4.69, 9.17) is 4.42 Å². The van der Waals surface area contributed by atoms with Crippen molar-refractivity contribution in [3.63, 3.8) is 0 Å². The lowest BCUT2D eigenvalue weighted by Gasteiger charge is -2.07. The minimum Gasteiger partial charge on any atom is -0.423 e. The second kappa shape index (κ2) is 6.06. The normalized spacial score (nSPS) is 12.7. The Morgan fingerprint density at radius 3 is 2.67 bits per heavy atom. The molecule has 0 aliphatic rings. The first-order valence-corrected chi connectivity index (χ1v) is 7.27. The molecule has 3 rings (SSSR count). The maximum atomic E-state index is 5.76. The Balaban J connectivity index is 1.81. The Hall–Kier alpha value is -2.20. The van der Waals surface area contributed by atoms with Gasteiger partial charge in [-0.1, -0.05) is 49.4 Å². The molecular formula is C17H19N3O. The molecule has 0 spiro atoms. The number of aromatic nitrogens is 2. The summed E-state index contributed by atoms with van der Waals surface area (Å²) in [6.45, 7) is 2.09. The summed E-state index contributed by atoms with van der Waals surface area (Å²) in [6.07, 6.45) is 1.59. The van der Waals surface area contributed by atoms with E-state index >= 15 is 0 Å². The van der Waals surface area contributed by atoms with Crippen LogP contribution < -0.4 is 5.32 Å². The van der Waals surface area contributed by atoms with E-state index in [0.717, 1.165) is 6.42 Å². The zero-order valence-electron chi connectivity index (χ0n) is 12.3. The van der Waals surface area contributed by atoms with Crippen molar-refractivity contribution in [2.75, 3.05) is 7.05 Å². The zero-order chi connectivity index (χ0) is 14.7. The van der Waals surface area contributed by atoms with E-state index in [1.165, 1.54) is 16.3 Å². The fraction of sp³-hybridized carbons (Fsp3) is 0.294. The molecule has 1 aromatic heterocycles. The van der Waals surface area contributed by atoms with Gasteiger partial charge in [0.2, 0.25) is 11.8 Å². The fourth-order valence-corrected chi connectivity index (χ4v) is 2.50. The van der Waals surface area contributed by atoms with Crippen molar-refractivity contribution in [1.82, 2.24) is 15.5 Å². The standard InChI is InChI=1S/C17H19N3O/c1-3-15(18-2)17-20-19-16(21-17)11-12-8-9-13-6-4-5-7-14(13)10-12/h4-10,15,18H,3,11H2,1-2H3. The van der Waals surface area contributed by atoms with Crippen molar-refractivity contribution >= 4 is 10.8 Å². The smallest absolute Gasteiger partial charge is 0.233 e. The van der Waals surface area contributed by atoms with Gasteiger partial charge in [-0.3, -0.25) is 0 Å². The Labute approximate surface area is 124 Å². The molecule has 0 saturated carbocycles. The topological polar surface area (TPSA) is 51.0 Å². The highest BCUT2D eigenvalue weighted by Gasteiger charge is 2.15. The summed E-state index contributed by atoms with van der Waals surface area (Å²) in [5, 5.41) is 13.9. The van der Waals surface area contributed by atoms with Gasteiger partial charge in [0.05, 0.1) is 12.5 Å². The summed E-state index contributed by atoms with van der Waals surface area (Å²) < 4.78 is 5.76. The Kier molecular flexibility index (Phi) is 3.97. The van der Waals surface area contributed by atoms with Crippen LogP contribution in [0.4, 0.5) is 0 Å². The van der Waals surface area contributed by atoms with Gasteiger partial charge < -0.3 is 9.73 Å². The lowest BCUT2D eigenvalue weighted by atomic mass is 10.1. The van der Waals surface area contributed by atoms with Crippen LogP contribution in [0, 0.1) is 0 Å². The van der Waals surface area contributed by atoms with Crippen molar-refractivity contribution in [3.8, 4) is 0 Å². The third-order valence-corrected chi connectivity index (χ3v) is 3.71. The predicted molar refractivity (Wildman–Crippen MR) is 83.1 cm³/mol. The van der Waals surface area contributed by atoms with Gasteiger partial charge in [-0.05, 0) is 29.8 Å². The molecule has 1 heterocycles. The van der Waals surface area contributed by atoms with Gasteiger partial charge in [-0.25, -0.2) is 0 Å². The molecule has 21 heavy (non-hydrogen) atoms. The van der Waals surface area contributed by atoms with Gasteiger partial charge >= 0.3 is 0 Å². The van der Waals surface area contributed by atoms with Gasteiger partial charge in [0.15, 0.2) is 0 Å². The zero-order valence-corrected chi connectivity index (χ0v) is 12.3. The maximum Gasteiger partial charge on any atom is 0.233 e. The van der Waals surface area contributed by atoms with Crippen molar-refractivity contribution in [3.05, 3.63) is 59.8 Å². The van der Waals surface area contributed by atoms with Gasteiger partial charge in [0.25, 0.3) is 0 Å². The minimum atomic E-state index is 0.128. The van der Waals surface area contributed by atoms with E-state index < -0.39 is 0 Å². The molecule has 0 fully saturated rings. The molecule has 0 aliphatic heterocycles. The van der Waals surface area contributed by atoms with Gasteiger partial charge in [-0.2, -0.15) is 0 Å². The van der Waals surface area contributed by atoms with Crippen LogP contribution in [0.1, 0.15) is 36.7 Å². The molecule has 4 heteroatoms. The molecule has 0 amide bonds. The largest absolute Gasteiger partial charge is 0.423 e. The van der Waals surface area contributed by atoms with Crippen LogP contribution in [-0.4, -0.2) is 17.2 Å². The summed E-state index contributed by atoms with van der Waals surface area (Å²) in [5.41, 5.74) is 1.18. The first-order chi connectivity index (χ1) is 10.3. The van der Waals surface area contributed by atoms with Gasteiger partial charge in [0.1, 0.15) is 0 Å². The monoisotopic (exact) mass is 281 g/mol. The molecular weight excluding hydrogens is 262 g/mol. The van der Waals surface area contributed by atoms with E-state index in [0.29, 0.717) is 18.2 Å². The number of hydrogen-bond donors (Lipinski definition) is 1. The third kappa shape index (κ3) is 2.95. The highest BCUT2D eigenvalue weighted by molar-refractivity contribution is 5.83. The van der Waals surface area contributed by atoms with E-state index in [9.17, 15) is 0 Å². The highest BCUT2D eigenvalue weighted by atomic mass is 16.4. The summed E-state index contributed by atoms with van der Waals surface area (Å²) in [5.74, 6) is 1.32. The second-order valence-corrected chi connectivity index (χ2v) is 5.14. The van der Waals surface area contributed by atoms with E-state index in [1.54, 1.807) is 0 Å². The van der Waals surface area contributed by atoms with Crippen LogP contribution in [0.3, 0.4) is 0 Å². The van der Waals surface area contributed by atoms with Crippen LogP contribution in [-0.2, 0) is 6.42 Å². The number of nitrogens with one attached hydrogen (secondary N) is 1. The number of rotatable bonds is 5. The average molecular weight is 281 g/mol. The lowest BCUT2D eigenvalue weighted by Crippen LogP contribution is -2.15. The Bertz CT molecular complexity index is 731. The molecule has 0 radical (unpaired) electrons. The summed E-state index contributed by atoms with van der Waals surface area (Å²) in [7, 11) is 1.90. The Morgan fingerprint density at radius 2 is 1.90 bits per heavy atom. The molecule has 1 N–H and O–H groups in total. The number of nitrogens with zero attached hydrogens (tertiary/aromatic N) is 2. The summed E-state index contributed by atoms with van der Waals surface area (Å²) >= 11 is 0. The summed E-state index contributed by atoms with van der Waals surface area (Å²) in [4.78, 5) is 0. The van der Waals surface area contributed by atoms with Crippen molar-refractivity contribution in [2.45, 2.75) is 25.8 Å². The number of hydrogen-bond acceptors (Lipinski definition) is 4. The molecule has 0 aliphatic carbocycles. The third-order valence-electron chi connectivity index (χ3n) is 3.71. The first kappa shape index (κ1) is 13.8. The summed E-state index contributed by atoms with van der Waals surface area (Å²) in [6, 6.07) is 14.9. The van der Waals surface area contributed by atoms with E-state index in [2.05, 4.69) is 64.9 Å². The number of benzene rings is 2. The fourth-order valence-electron chi connectivity index (χ4n) is 2.50. The van der Waals surface area contributed by atoms with Crippen LogP contribution in [0.5, 0.6) is 0 Å². The number of fused-ring (bicyclic) bond motifs is 1. The van der Waals surface area contributed by atoms with Gasteiger partial charge in [-0.15, -0.1) is 10.2 Å². The first-order valence-electron chi connectivity index (χ1n) is 7.27. The molecule has 1 atom stereocenters. The molecule has 2 aromatic carbocycles. The SMILES string of the molecule is CCC(NC)c1nnc(Cc2ccc3ccccc3c2)o1. The molecule has 4 nitrogen and oxygen atoms in total. The molecule has 3 aromatic rings. The molecule has 1 unspecified atom stereocenters. The van der Waals surface area contributed by atoms with Crippen molar-refractivity contribution < 1.29 is 4.42 Å². The molecule has 0 saturated heterocycles. The van der Waals surface area contributed by atoms with Gasteiger partial charge in [0, 0.05) is 0 Å². The van der Waals surface area contributed by atoms with Crippen molar-refractivity contribution in [2.24, 2.45) is 0 Å². The van der Waals surface area contributed by atoms with Crippen LogP contribution in [0.2, 0.25) is 0 Å². The van der Waals surface area contributed by atoms with Crippen LogP contribution >= 0.6 is 0 Å². The highest BCUT2D eigenvalue weighted by Crippen LogP contribution is 2.19. The minimum absolute atomic E-state index is 0.128. The maximum absolute atomic E-state index is 5.76. The quantitative estimate of drug-likeness (QED) is 0.778. The predicted octanol–water partition coefficient (Wildman–Crippen LogP) is 3.48.